The maximum atomic E-state index is 13.4. The first-order chi connectivity index (χ1) is 16.2. The van der Waals surface area contributed by atoms with Gasteiger partial charge in [0.2, 0.25) is 0 Å². The number of aryl methyl sites for hydroxylation is 1. The number of fused-ring (bicyclic) bond motifs is 1. The van der Waals surface area contributed by atoms with Crippen molar-refractivity contribution in [1.82, 2.24) is 25.0 Å². The van der Waals surface area contributed by atoms with Gasteiger partial charge in [-0.2, -0.15) is 5.10 Å². The summed E-state index contributed by atoms with van der Waals surface area (Å²) in [7, 11) is 0. The molecule has 7 nitrogen and oxygen atoms in total. The molecule has 3 aromatic heterocycles. The van der Waals surface area contributed by atoms with Gasteiger partial charge in [0.25, 0.3) is 5.91 Å². The molecule has 1 aromatic carbocycles. The third-order valence-corrected chi connectivity index (χ3v) is 6.87. The van der Waals surface area contributed by atoms with E-state index in [0.717, 1.165) is 60.0 Å². The lowest BCUT2D eigenvalue weighted by molar-refractivity contribution is 0.0340. The molecule has 4 heterocycles. The van der Waals surface area contributed by atoms with Crippen LogP contribution in [0, 0.1) is 0 Å². The number of thiophene rings is 1. The zero-order valence-corrected chi connectivity index (χ0v) is 19.5. The van der Waals surface area contributed by atoms with Gasteiger partial charge in [0.05, 0.1) is 40.9 Å². The highest BCUT2D eigenvalue weighted by Gasteiger charge is 2.18. The topological polar surface area (TPSA) is 72.3 Å². The first-order valence-electron chi connectivity index (χ1n) is 11.3. The van der Waals surface area contributed by atoms with Gasteiger partial charge in [0, 0.05) is 32.7 Å². The van der Waals surface area contributed by atoms with Crippen LogP contribution in [0.1, 0.15) is 28.4 Å². The number of ether oxygens (including phenoxy) is 1. The fourth-order valence-electron chi connectivity index (χ4n) is 4.17. The Labute approximate surface area is 197 Å². The fraction of sp³-hybridized carbons (Fsp3) is 0.320. The number of aromatic nitrogens is 3. The standard InChI is InChI=1S/C25H27N5O2S/c1-2-30-24-21(16-27-30)20(14-22(28-24)23-8-5-13-33-23)25(31)26-15-18-6-3-4-7-19(18)17-29-9-11-32-12-10-29/h3-8,13-14,16H,2,9-12,15,17H2,1H3,(H,26,31). The van der Waals surface area contributed by atoms with Crippen LogP contribution >= 0.6 is 11.3 Å². The van der Waals surface area contributed by atoms with Crippen LogP contribution in [0.15, 0.2) is 54.0 Å². The van der Waals surface area contributed by atoms with Crippen molar-refractivity contribution in [3.8, 4) is 10.6 Å². The van der Waals surface area contributed by atoms with E-state index in [0.29, 0.717) is 18.7 Å². The zero-order chi connectivity index (χ0) is 22.6. The zero-order valence-electron chi connectivity index (χ0n) is 18.7. The molecule has 33 heavy (non-hydrogen) atoms. The normalized spacial score (nSPS) is 14.6. The van der Waals surface area contributed by atoms with Crippen molar-refractivity contribution < 1.29 is 9.53 Å². The smallest absolute Gasteiger partial charge is 0.252 e. The molecule has 0 saturated carbocycles. The first-order valence-corrected chi connectivity index (χ1v) is 12.2. The predicted molar refractivity (Wildman–Crippen MR) is 130 cm³/mol. The summed E-state index contributed by atoms with van der Waals surface area (Å²) in [6.45, 7) is 7.46. The number of carbonyl (C=O) groups excluding carboxylic acids is 1. The molecular weight excluding hydrogens is 434 g/mol. The molecule has 0 atom stereocenters. The minimum atomic E-state index is -0.114. The maximum Gasteiger partial charge on any atom is 0.252 e. The van der Waals surface area contributed by atoms with Gasteiger partial charge in [0.15, 0.2) is 5.65 Å². The molecule has 5 rings (SSSR count). The lowest BCUT2D eigenvalue weighted by Crippen LogP contribution is -2.36. The summed E-state index contributed by atoms with van der Waals surface area (Å²) in [5.41, 5.74) is 4.50. The van der Waals surface area contributed by atoms with Gasteiger partial charge in [-0.15, -0.1) is 11.3 Å². The van der Waals surface area contributed by atoms with Gasteiger partial charge >= 0.3 is 0 Å². The number of amides is 1. The number of hydrogen-bond donors (Lipinski definition) is 1. The van der Waals surface area contributed by atoms with Crippen LogP contribution in [0.5, 0.6) is 0 Å². The molecule has 8 heteroatoms. The van der Waals surface area contributed by atoms with E-state index < -0.39 is 0 Å². The summed E-state index contributed by atoms with van der Waals surface area (Å²) in [5.74, 6) is -0.114. The van der Waals surface area contributed by atoms with Gasteiger partial charge in [-0.1, -0.05) is 30.3 Å². The third-order valence-electron chi connectivity index (χ3n) is 5.98. The maximum absolute atomic E-state index is 13.4. The number of carbonyl (C=O) groups is 1. The summed E-state index contributed by atoms with van der Waals surface area (Å²) < 4.78 is 7.30. The number of nitrogens with zero attached hydrogens (tertiary/aromatic N) is 4. The second kappa shape index (κ2) is 9.82. The molecule has 0 aliphatic carbocycles. The summed E-state index contributed by atoms with van der Waals surface area (Å²) in [5, 5.41) is 10.4. The van der Waals surface area contributed by atoms with E-state index >= 15 is 0 Å². The van der Waals surface area contributed by atoms with Crippen LogP contribution < -0.4 is 5.32 Å². The van der Waals surface area contributed by atoms with Crippen molar-refractivity contribution >= 4 is 28.3 Å². The average molecular weight is 462 g/mol. The Morgan fingerprint density at radius 1 is 1.15 bits per heavy atom. The Hall–Kier alpha value is -3.07. The number of morpholine rings is 1. The Kier molecular flexibility index (Phi) is 6.48. The van der Waals surface area contributed by atoms with Crippen LogP contribution in [0.2, 0.25) is 0 Å². The van der Waals surface area contributed by atoms with Gasteiger partial charge in [-0.3, -0.25) is 9.69 Å². The van der Waals surface area contributed by atoms with Crippen molar-refractivity contribution in [1.29, 1.82) is 0 Å². The van der Waals surface area contributed by atoms with Gasteiger partial charge < -0.3 is 10.1 Å². The molecule has 1 fully saturated rings. The van der Waals surface area contributed by atoms with E-state index in [9.17, 15) is 4.79 Å². The number of pyridine rings is 1. The molecule has 1 amide bonds. The molecule has 1 aliphatic heterocycles. The molecular formula is C25H27N5O2S. The molecule has 0 spiro atoms. The highest BCUT2D eigenvalue weighted by Crippen LogP contribution is 2.28. The summed E-state index contributed by atoms with van der Waals surface area (Å²) in [6.07, 6.45) is 1.74. The van der Waals surface area contributed by atoms with Crippen molar-refractivity contribution in [2.75, 3.05) is 26.3 Å². The molecule has 0 radical (unpaired) electrons. The Bertz CT molecular complexity index is 1250. The SMILES string of the molecule is CCn1ncc2c(C(=O)NCc3ccccc3CN3CCOCC3)cc(-c3cccs3)nc21. The third kappa shape index (κ3) is 4.68. The molecule has 4 aromatic rings. The molecule has 1 aliphatic rings. The Morgan fingerprint density at radius 3 is 2.73 bits per heavy atom. The summed E-state index contributed by atoms with van der Waals surface area (Å²) >= 11 is 1.61. The van der Waals surface area contributed by atoms with Gasteiger partial charge in [0.1, 0.15) is 0 Å². The second-order valence-electron chi connectivity index (χ2n) is 8.07. The van der Waals surface area contributed by atoms with Crippen LogP contribution in [-0.4, -0.2) is 51.9 Å². The van der Waals surface area contributed by atoms with E-state index in [-0.39, 0.29) is 5.91 Å². The van der Waals surface area contributed by atoms with Crippen LogP contribution in [0.4, 0.5) is 0 Å². The lowest BCUT2D eigenvalue weighted by atomic mass is 10.1. The van der Waals surface area contributed by atoms with E-state index in [1.54, 1.807) is 17.5 Å². The molecule has 1 N–H and O–H groups in total. The monoisotopic (exact) mass is 461 g/mol. The van der Waals surface area contributed by atoms with E-state index in [2.05, 4.69) is 33.5 Å². The average Bonchev–Trinajstić information content (AvgIpc) is 3.53. The molecule has 0 unspecified atom stereocenters. The predicted octanol–water partition coefficient (Wildman–Crippen LogP) is 3.94. The van der Waals surface area contributed by atoms with E-state index in [1.165, 1.54) is 5.56 Å². The minimum Gasteiger partial charge on any atom is -0.379 e. The summed E-state index contributed by atoms with van der Waals surface area (Å²) in [6, 6.07) is 14.2. The first kappa shape index (κ1) is 21.8. The lowest BCUT2D eigenvalue weighted by Gasteiger charge is -2.27. The van der Waals surface area contributed by atoms with Crippen LogP contribution in [0.3, 0.4) is 0 Å². The van der Waals surface area contributed by atoms with Crippen LogP contribution in [0.25, 0.3) is 21.6 Å². The molecule has 0 bridgehead atoms. The van der Waals surface area contributed by atoms with E-state index in [4.69, 9.17) is 9.72 Å². The fourth-order valence-corrected chi connectivity index (χ4v) is 4.86. The molecule has 170 valence electrons. The van der Waals surface area contributed by atoms with E-state index in [1.807, 2.05) is 41.3 Å². The van der Waals surface area contributed by atoms with Crippen LogP contribution in [-0.2, 0) is 24.4 Å². The highest BCUT2D eigenvalue weighted by atomic mass is 32.1. The van der Waals surface area contributed by atoms with Gasteiger partial charge in [-0.05, 0) is 35.6 Å². The van der Waals surface area contributed by atoms with Crippen molar-refractivity contribution in [3.05, 3.63) is 70.7 Å². The largest absolute Gasteiger partial charge is 0.379 e. The number of benzene rings is 1. The second-order valence-corrected chi connectivity index (χ2v) is 9.02. The van der Waals surface area contributed by atoms with Crippen molar-refractivity contribution in [2.24, 2.45) is 0 Å². The van der Waals surface area contributed by atoms with Crippen molar-refractivity contribution in [3.63, 3.8) is 0 Å². The number of nitrogens with one attached hydrogen (secondary N) is 1. The summed E-state index contributed by atoms with van der Waals surface area (Å²) in [4.78, 5) is 21.6. The van der Waals surface area contributed by atoms with Crippen molar-refractivity contribution in [2.45, 2.75) is 26.6 Å². The Morgan fingerprint density at radius 2 is 1.97 bits per heavy atom. The van der Waals surface area contributed by atoms with Gasteiger partial charge in [-0.25, -0.2) is 9.67 Å². The number of rotatable bonds is 7. The minimum absolute atomic E-state index is 0.114. The highest BCUT2D eigenvalue weighted by molar-refractivity contribution is 7.13. The quantitative estimate of drug-likeness (QED) is 0.451. The molecule has 1 saturated heterocycles. The number of hydrogen-bond acceptors (Lipinski definition) is 6. The Balaban J connectivity index is 1.39.